The quantitative estimate of drug-likeness (QED) is 0.232. The minimum absolute atomic E-state index is 0.0638. The van der Waals surface area contributed by atoms with Gasteiger partial charge in [0.2, 0.25) is 5.89 Å². The van der Waals surface area contributed by atoms with Gasteiger partial charge in [0.15, 0.2) is 10.7 Å². The number of benzene rings is 2. The molecule has 0 amide bonds. The first kappa shape index (κ1) is 24.4. The van der Waals surface area contributed by atoms with Gasteiger partial charge in [0.25, 0.3) is 10.1 Å². The lowest BCUT2D eigenvalue weighted by molar-refractivity contribution is 0.122. The summed E-state index contributed by atoms with van der Waals surface area (Å²) in [5, 5.41) is 0.980. The van der Waals surface area contributed by atoms with Crippen LogP contribution in [-0.2, 0) is 19.0 Å². The Balaban J connectivity index is 1.16. The van der Waals surface area contributed by atoms with Crippen molar-refractivity contribution in [3.63, 3.8) is 0 Å². The molecule has 9 nitrogen and oxygen atoms in total. The van der Waals surface area contributed by atoms with Crippen LogP contribution in [0.25, 0.3) is 23.3 Å². The van der Waals surface area contributed by atoms with E-state index in [1.807, 2.05) is 19.2 Å². The maximum absolute atomic E-state index is 12.3. The molecule has 36 heavy (non-hydrogen) atoms. The van der Waals surface area contributed by atoms with Gasteiger partial charge in [-0.3, -0.25) is 4.18 Å². The van der Waals surface area contributed by atoms with Crippen molar-refractivity contribution in [2.24, 2.45) is 0 Å². The molecule has 0 aliphatic carbocycles. The fourth-order valence-electron chi connectivity index (χ4n) is 3.57. The average molecular weight is 528 g/mol. The molecule has 5 rings (SSSR count). The van der Waals surface area contributed by atoms with Gasteiger partial charge in [-0.05, 0) is 37.3 Å². The second-order valence-corrected chi connectivity index (χ2v) is 10.8. The van der Waals surface area contributed by atoms with Gasteiger partial charge < -0.3 is 18.8 Å². The van der Waals surface area contributed by atoms with Gasteiger partial charge in [-0.1, -0.05) is 29.0 Å². The molecule has 4 aromatic rings. The van der Waals surface area contributed by atoms with Crippen LogP contribution in [0, 0.1) is 6.92 Å². The molecule has 0 bridgehead atoms. The van der Waals surface area contributed by atoms with Crippen molar-refractivity contribution in [1.82, 2.24) is 9.97 Å². The van der Waals surface area contributed by atoms with E-state index in [1.165, 1.54) is 12.1 Å². The van der Waals surface area contributed by atoms with Gasteiger partial charge in [0.1, 0.15) is 24.5 Å². The Kier molecular flexibility index (Phi) is 7.33. The first-order valence-electron chi connectivity index (χ1n) is 11.4. The summed E-state index contributed by atoms with van der Waals surface area (Å²) in [7, 11) is -3.83. The number of nitrogens with zero attached hydrogens (tertiary/aromatic N) is 3. The van der Waals surface area contributed by atoms with Crippen LogP contribution in [0.2, 0.25) is 0 Å². The van der Waals surface area contributed by atoms with Gasteiger partial charge in [-0.15, -0.1) is 0 Å². The number of fused-ring (bicyclic) bond motifs is 1. The highest BCUT2D eigenvalue weighted by Crippen LogP contribution is 2.26. The second-order valence-electron chi connectivity index (χ2n) is 8.10. The summed E-state index contributed by atoms with van der Waals surface area (Å²) in [6.07, 6.45) is 5.57. The van der Waals surface area contributed by atoms with Crippen LogP contribution in [-0.4, -0.2) is 57.9 Å². The number of hydrogen-bond acceptors (Lipinski definition) is 10. The van der Waals surface area contributed by atoms with Crippen molar-refractivity contribution in [2.45, 2.75) is 11.8 Å². The van der Waals surface area contributed by atoms with E-state index in [1.54, 1.807) is 47.7 Å². The molecule has 0 unspecified atom stereocenters. The van der Waals surface area contributed by atoms with Crippen LogP contribution in [0.4, 0.5) is 5.13 Å². The lowest BCUT2D eigenvalue weighted by atomic mass is 10.2. The molecule has 0 atom stereocenters. The van der Waals surface area contributed by atoms with Crippen LogP contribution < -0.4 is 9.64 Å². The molecule has 1 fully saturated rings. The Bertz CT molecular complexity index is 1450. The minimum atomic E-state index is -3.83. The number of ether oxygens (including phenoxy) is 2. The summed E-state index contributed by atoms with van der Waals surface area (Å²) in [4.78, 5) is 12.3. The number of anilines is 1. The Labute approximate surface area is 213 Å². The Morgan fingerprint density at radius 2 is 1.89 bits per heavy atom. The lowest BCUT2D eigenvalue weighted by Crippen LogP contribution is -2.36. The third-order valence-electron chi connectivity index (χ3n) is 5.46. The predicted octanol–water partition coefficient (Wildman–Crippen LogP) is 4.38. The first-order chi connectivity index (χ1) is 17.5. The van der Waals surface area contributed by atoms with E-state index in [9.17, 15) is 8.42 Å². The van der Waals surface area contributed by atoms with Crippen LogP contribution in [0.15, 0.2) is 58.0 Å². The predicted molar refractivity (Wildman–Crippen MR) is 138 cm³/mol. The molecular formula is C25H25N3O6S2. The smallest absolute Gasteiger partial charge is 0.297 e. The van der Waals surface area contributed by atoms with E-state index >= 15 is 0 Å². The van der Waals surface area contributed by atoms with Crippen molar-refractivity contribution in [2.75, 3.05) is 44.4 Å². The van der Waals surface area contributed by atoms with E-state index < -0.39 is 10.1 Å². The molecule has 1 saturated heterocycles. The van der Waals surface area contributed by atoms with E-state index in [0.717, 1.165) is 41.9 Å². The summed E-state index contributed by atoms with van der Waals surface area (Å²) in [6.45, 7) is 4.98. The highest BCUT2D eigenvalue weighted by molar-refractivity contribution is 7.86. The second kappa shape index (κ2) is 10.8. The van der Waals surface area contributed by atoms with Gasteiger partial charge in [-0.2, -0.15) is 8.42 Å². The molecular weight excluding hydrogens is 502 g/mol. The number of thiazole rings is 1. The molecule has 3 heterocycles. The standard InChI is InChI=1S/C25H25N3O6S2/c1-18-2-6-21(7-3-18)36(29,30)33-15-14-32-19-4-8-22-23(16-19)34-24(27-22)9-5-20-17-26-25(35-20)28-10-12-31-13-11-28/h2-9,16-17H,10-15H2,1H3. The zero-order chi connectivity index (χ0) is 25.0. The lowest BCUT2D eigenvalue weighted by Gasteiger charge is -2.25. The highest BCUT2D eigenvalue weighted by Gasteiger charge is 2.15. The Hall–Kier alpha value is -3.25. The number of aryl methyl sites for hydroxylation is 1. The molecule has 2 aromatic heterocycles. The van der Waals surface area contributed by atoms with Gasteiger partial charge in [0, 0.05) is 36.3 Å². The molecule has 0 radical (unpaired) electrons. The first-order valence-corrected chi connectivity index (χ1v) is 13.6. The normalized spacial score (nSPS) is 14.6. The van der Waals surface area contributed by atoms with Gasteiger partial charge in [0.05, 0.1) is 18.1 Å². The number of hydrogen-bond donors (Lipinski definition) is 0. The van der Waals surface area contributed by atoms with E-state index in [2.05, 4.69) is 14.9 Å². The average Bonchev–Trinajstić information content (AvgIpc) is 3.53. The third-order valence-corrected chi connectivity index (χ3v) is 7.81. The Morgan fingerprint density at radius 1 is 1.08 bits per heavy atom. The molecule has 0 saturated carbocycles. The minimum Gasteiger partial charge on any atom is -0.491 e. The van der Waals surface area contributed by atoms with Crippen molar-refractivity contribution in [3.8, 4) is 5.75 Å². The van der Waals surface area contributed by atoms with Crippen LogP contribution in [0.1, 0.15) is 16.3 Å². The maximum atomic E-state index is 12.3. The molecule has 0 N–H and O–H groups in total. The topological polar surface area (TPSA) is 104 Å². The summed E-state index contributed by atoms with van der Waals surface area (Å²) in [5.41, 5.74) is 2.23. The van der Waals surface area contributed by atoms with Crippen LogP contribution in [0.5, 0.6) is 5.75 Å². The largest absolute Gasteiger partial charge is 0.491 e. The maximum Gasteiger partial charge on any atom is 0.297 e. The zero-order valence-electron chi connectivity index (χ0n) is 19.6. The summed E-state index contributed by atoms with van der Waals surface area (Å²) in [5.74, 6) is 0.999. The third kappa shape index (κ3) is 5.93. The summed E-state index contributed by atoms with van der Waals surface area (Å²) in [6, 6.07) is 11.8. The SMILES string of the molecule is Cc1ccc(S(=O)(=O)OCCOc2ccc3nc(C=Cc4cnc(N5CCOCC5)s4)oc3c2)cc1. The van der Waals surface area contributed by atoms with Crippen molar-refractivity contribution in [3.05, 3.63) is 65.0 Å². The fourth-order valence-corrected chi connectivity index (χ4v) is 5.33. The molecule has 2 aromatic carbocycles. The Morgan fingerprint density at radius 3 is 2.69 bits per heavy atom. The molecule has 11 heteroatoms. The number of oxazole rings is 1. The monoisotopic (exact) mass is 527 g/mol. The molecule has 1 aliphatic rings. The molecule has 1 aliphatic heterocycles. The van der Waals surface area contributed by atoms with Crippen molar-refractivity contribution >= 4 is 49.8 Å². The van der Waals surface area contributed by atoms with Gasteiger partial charge >= 0.3 is 0 Å². The van der Waals surface area contributed by atoms with E-state index in [4.69, 9.17) is 18.1 Å². The summed E-state index contributed by atoms with van der Waals surface area (Å²) < 4.78 is 46.5. The molecule has 0 spiro atoms. The van der Waals surface area contributed by atoms with E-state index in [0.29, 0.717) is 22.7 Å². The fraction of sp³-hybridized carbons (Fsp3) is 0.280. The van der Waals surface area contributed by atoms with E-state index in [-0.39, 0.29) is 18.1 Å². The number of aromatic nitrogens is 2. The van der Waals surface area contributed by atoms with Crippen LogP contribution in [0.3, 0.4) is 0 Å². The number of morpholine rings is 1. The molecule has 188 valence electrons. The summed E-state index contributed by atoms with van der Waals surface area (Å²) >= 11 is 1.61. The highest BCUT2D eigenvalue weighted by atomic mass is 32.2. The van der Waals surface area contributed by atoms with Gasteiger partial charge in [-0.25, -0.2) is 9.97 Å². The van der Waals surface area contributed by atoms with Crippen molar-refractivity contribution < 1.29 is 26.5 Å². The van der Waals surface area contributed by atoms with Crippen molar-refractivity contribution in [1.29, 1.82) is 0 Å². The zero-order valence-corrected chi connectivity index (χ0v) is 21.3. The van der Waals surface area contributed by atoms with Crippen LogP contribution >= 0.6 is 11.3 Å². The number of rotatable bonds is 9.